The fourth-order valence-corrected chi connectivity index (χ4v) is 1.75. The van der Waals surface area contributed by atoms with E-state index in [1.807, 2.05) is 25.2 Å². The quantitative estimate of drug-likeness (QED) is 0.820. The summed E-state index contributed by atoms with van der Waals surface area (Å²) in [6.07, 6.45) is 0.626. The van der Waals surface area contributed by atoms with Gasteiger partial charge in [0.1, 0.15) is 5.78 Å². The van der Waals surface area contributed by atoms with E-state index in [0.717, 1.165) is 17.6 Å². The van der Waals surface area contributed by atoms with Gasteiger partial charge in [-0.15, -0.1) is 0 Å². The molecule has 0 radical (unpaired) electrons. The summed E-state index contributed by atoms with van der Waals surface area (Å²) in [7, 11) is 2.03. The number of halogens is 1. The normalized spacial score (nSPS) is 10.7. The van der Waals surface area contributed by atoms with Crippen molar-refractivity contribution in [3.05, 3.63) is 34.3 Å². The number of benzene rings is 1. The third-order valence-electron chi connectivity index (χ3n) is 2.24. The molecule has 0 aliphatic carbocycles. The molecule has 0 saturated heterocycles. The molecule has 0 saturated carbocycles. The maximum Gasteiger partial charge on any atom is 0.131 e. The largest absolute Gasteiger partial charge is 0.302 e. The van der Waals surface area contributed by atoms with Crippen molar-refractivity contribution in [2.45, 2.75) is 19.9 Å². The van der Waals surface area contributed by atoms with Crippen molar-refractivity contribution in [2.75, 3.05) is 13.6 Å². The van der Waals surface area contributed by atoms with Crippen molar-refractivity contribution in [3.63, 3.8) is 0 Å². The highest BCUT2D eigenvalue weighted by Gasteiger charge is 2.04. The number of rotatable bonds is 5. The highest BCUT2D eigenvalue weighted by molar-refractivity contribution is 9.10. The van der Waals surface area contributed by atoms with Crippen LogP contribution in [0.4, 0.5) is 0 Å². The molecule has 0 bridgehead atoms. The fraction of sp³-hybridized carbons (Fsp3) is 0.417. The third kappa shape index (κ3) is 4.58. The van der Waals surface area contributed by atoms with Crippen LogP contribution in [0.3, 0.4) is 0 Å². The second-order valence-corrected chi connectivity index (χ2v) is 4.64. The highest BCUT2D eigenvalue weighted by Crippen LogP contribution is 2.17. The standard InChI is InChI=1S/C12H16BrNO/c1-10(15)7-8-14(2)9-11-5-3-4-6-12(11)13/h3-6H,7-9H2,1-2H3. The number of hydrogen-bond acceptors (Lipinski definition) is 2. The molecule has 0 aliphatic heterocycles. The Morgan fingerprint density at radius 2 is 2.07 bits per heavy atom. The number of ketones is 1. The zero-order valence-corrected chi connectivity index (χ0v) is 10.8. The molecule has 1 aromatic carbocycles. The topological polar surface area (TPSA) is 20.3 Å². The van der Waals surface area contributed by atoms with E-state index in [-0.39, 0.29) is 5.78 Å². The number of hydrogen-bond donors (Lipinski definition) is 0. The first-order valence-corrected chi connectivity index (χ1v) is 5.80. The summed E-state index contributed by atoms with van der Waals surface area (Å²) in [5.41, 5.74) is 1.25. The maximum atomic E-state index is 10.8. The van der Waals surface area contributed by atoms with Crippen molar-refractivity contribution < 1.29 is 4.79 Å². The van der Waals surface area contributed by atoms with E-state index in [1.165, 1.54) is 5.56 Å². The van der Waals surface area contributed by atoms with Crippen LogP contribution in [0.1, 0.15) is 18.9 Å². The molecule has 1 aromatic rings. The first-order chi connectivity index (χ1) is 7.09. The Hall–Kier alpha value is -0.670. The van der Waals surface area contributed by atoms with E-state index in [0.29, 0.717) is 6.42 Å². The molecule has 15 heavy (non-hydrogen) atoms. The molecule has 82 valence electrons. The molecule has 0 aliphatic rings. The van der Waals surface area contributed by atoms with Gasteiger partial charge in [0.05, 0.1) is 0 Å². The molecule has 0 aromatic heterocycles. The van der Waals surface area contributed by atoms with Gasteiger partial charge in [0.2, 0.25) is 0 Å². The lowest BCUT2D eigenvalue weighted by atomic mass is 10.2. The second-order valence-electron chi connectivity index (χ2n) is 3.78. The summed E-state index contributed by atoms with van der Waals surface area (Å²) >= 11 is 3.51. The summed E-state index contributed by atoms with van der Waals surface area (Å²) in [6, 6.07) is 8.16. The van der Waals surface area contributed by atoms with E-state index in [2.05, 4.69) is 26.9 Å². The lowest BCUT2D eigenvalue weighted by molar-refractivity contribution is -0.117. The van der Waals surface area contributed by atoms with Gasteiger partial charge < -0.3 is 4.90 Å². The second kappa shape index (κ2) is 6.03. The van der Waals surface area contributed by atoms with Crippen molar-refractivity contribution in [1.29, 1.82) is 0 Å². The minimum absolute atomic E-state index is 0.244. The van der Waals surface area contributed by atoms with Crippen LogP contribution >= 0.6 is 15.9 Å². The lowest BCUT2D eigenvalue weighted by Crippen LogP contribution is -2.20. The summed E-state index contributed by atoms with van der Waals surface area (Å²) < 4.78 is 1.12. The van der Waals surface area contributed by atoms with Gasteiger partial charge in [-0.25, -0.2) is 0 Å². The minimum Gasteiger partial charge on any atom is -0.302 e. The molecule has 0 spiro atoms. The molecule has 2 nitrogen and oxygen atoms in total. The smallest absolute Gasteiger partial charge is 0.131 e. The Kier molecular flexibility index (Phi) is 4.99. The Morgan fingerprint density at radius 1 is 1.40 bits per heavy atom. The van der Waals surface area contributed by atoms with Crippen LogP contribution in [0.5, 0.6) is 0 Å². The van der Waals surface area contributed by atoms with E-state index in [1.54, 1.807) is 6.92 Å². The van der Waals surface area contributed by atoms with Crippen LogP contribution in [-0.4, -0.2) is 24.3 Å². The van der Waals surface area contributed by atoms with Crippen LogP contribution < -0.4 is 0 Å². The van der Waals surface area contributed by atoms with Crippen molar-refractivity contribution in [2.24, 2.45) is 0 Å². The summed E-state index contributed by atoms with van der Waals surface area (Å²) in [5.74, 6) is 0.244. The minimum atomic E-state index is 0.244. The molecule has 0 unspecified atom stereocenters. The predicted molar refractivity (Wildman–Crippen MR) is 65.8 cm³/mol. The zero-order valence-electron chi connectivity index (χ0n) is 9.16. The van der Waals surface area contributed by atoms with Crippen molar-refractivity contribution in [3.8, 4) is 0 Å². The number of Topliss-reactive ketones (excluding diaryl/α,β-unsaturated/α-hetero) is 1. The fourth-order valence-electron chi connectivity index (χ4n) is 1.34. The Balaban J connectivity index is 2.47. The van der Waals surface area contributed by atoms with Gasteiger partial charge in [0.25, 0.3) is 0 Å². The van der Waals surface area contributed by atoms with E-state index < -0.39 is 0 Å². The Morgan fingerprint density at radius 3 is 2.67 bits per heavy atom. The predicted octanol–water partition coefficient (Wildman–Crippen LogP) is 2.86. The molecule has 1 rings (SSSR count). The lowest BCUT2D eigenvalue weighted by Gasteiger charge is -2.16. The molecule has 0 fully saturated rings. The summed E-state index contributed by atoms with van der Waals surface area (Å²) in [4.78, 5) is 13.0. The molecule has 0 N–H and O–H groups in total. The molecular weight excluding hydrogens is 254 g/mol. The van der Waals surface area contributed by atoms with E-state index in [4.69, 9.17) is 0 Å². The molecular formula is C12H16BrNO. The highest BCUT2D eigenvalue weighted by atomic mass is 79.9. The Labute approximate surface area is 99.4 Å². The molecule has 0 amide bonds. The SMILES string of the molecule is CC(=O)CCN(C)Cc1ccccc1Br. The molecule has 0 atom stereocenters. The zero-order chi connectivity index (χ0) is 11.3. The number of carbonyl (C=O) groups is 1. The first-order valence-electron chi connectivity index (χ1n) is 5.01. The van der Waals surface area contributed by atoms with Crippen LogP contribution in [0, 0.1) is 0 Å². The van der Waals surface area contributed by atoms with Gasteiger partial charge in [0, 0.05) is 24.0 Å². The van der Waals surface area contributed by atoms with Gasteiger partial charge >= 0.3 is 0 Å². The van der Waals surface area contributed by atoms with Crippen LogP contribution in [-0.2, 0) is 11.3 Å². The number of nitrogens with zero attached hydrogens (tertiary/aromatic N) is 1. The van der Waals surface area contributed by atoms with Crippen LogP contribution in [0.2, 0.25) is 0 Å². The molecule has 3 heteroatoms. The maximum absolute atomic E-state index is 10.8. The van der Waals surface area contributed by atoms with Crippen molar-refractivity contribution in [1.82, 2.24) is 4.90 Å². The molecule has 0 heterocycles. The first kappa shape index (κ1) is 12.4. The Bertz CT molecular complexity index is 338. The van der Waals surface area contributed by atoms with Gasteiger partial charge in [-0.1, -0.05) is 34.1 Å². The van der Waals surface area contributed by atoms with Crippen LogP contribution in [0.15, 0.2) is 28.7 Å². The van der Waals surface area contributed by atoms with Crippen molar-refractivity contribution >= 4 is 21.7 Å². The third-order valence-corrected chi connectivity index (χ3v) is 3.02. The van der Waals surface area contributed by atoms with Gasteiger partial charge in [-0.3, -0.25) is 4.79 Å². The monoisotopic (exact) mass is 269 g/mol. The average Bonchev–Trinajstić information content (AvgIpc) is 2.18. The van der Waals surface area contributed by atoms with Gasteiger partial charge in [0.15, 0.2) is 0 Å². The summed E-state index contributed by atoms with van der Waals surface area (Å²) in [5, 5.41) is 0. The summed E-state index contributed by atoms with van der Waals surface area (Å²) in [6.45, 7) is 3.32. The van der Waals surface area contributed by atoms with E-state index in [9.17, 15) is 4.79 Å². The van der Waals surface area contributed by atoms with Gasteiger partial charge in [-0.2, -0.15) is 0 Å². The average molecular weight is 270 g/mol. The van der Waals surface area contributed by atoms with Crippen LogP contribution in [0.25, 0.3) is 0 Å². The number of carbonyl (C=O) groups excluding carboxylic acids is 1. The van der Waals surface area contributed by atoms with Gasteiger partial charge in [-0.05, 0) is 25.6 Å². The van der Waals surface area contributed by atoms with E-state index >= 15 is 0 Å².